The Morgan fingerprint density at radius 3 is 2.15 bits per heavy atom. The highest BCUT2D eigenvalue weighted by molar-refractivity contribution is 7.92. The van der Waals surface area contributed by atoms with Gasteiger partial charge in [-0.1, -0.05) is 43.3 Å². The van der Waals surface area contributed by atoms with Gasteiger partial charge in [0, 0.05) is 12.6 Å². The van der Waals surface area contributed by atoms with Crippen molar-refractivity contribution in [1.82, 2.24) is 10.2 Å². The van der Waals surface area contributed by atoms with Crippen LogP contribution in [-0.4, -0.2) is 58.0 Å². The van der Waals surface area contributed by atoms with Crippen LogP contribution in [0.4, 0.5) is 5.69 Å². The first-order valence-electron chi connectivity index (χ1n) is 13.5. The third-order valence-electron chi connectivity index (χ3n) is 6.54. The van der Waals surface area contributed by atoms with Crippen LogP contribution in [0.3, 0.4) is 0 Å². The topological polar surface area (TPSA) is 105 Å². The van der Waals surface area contributed by atoms with Crippen LogP contribution >= 0.6 is 0 Å². The third kappa shape index (κ3) is 7.79. The predicted molar refractivity (Wildman–Crippen MR) is 160 cm³/mol. The van der Waals surface area contributed by atoms with Crippen molar-refractivity contribution in [2.75, 3.05) is 25.1 Å². The van der Waals surface area contributed by atoms with E-state index >= 15 is 0 Å². The number of nitrogens with one attached hydrogen (secondary N) is 1. The summed E-state index contributed by atoms with van der Waals surface area (Å²) in [5.41, 5.74) is 1.79. The summed E-state index contributed by atoms with van der Waals surface area (Å²) in [7, 11) is -1.18. The van der Waals surface area contributed by atoms with E-state index in [1.165, 1.54) is 24.1 Å². The van der Waals surface area contributed by atoms with Crippen molar-refractivity contribution in [3.05, 3.63) is 83.9 Å². The predicted octanol–water partition coefficient (Wildman–Crippen LogP) is 4.54. The molecule has 0 aliphatic carbocycles. The second-order valence-electron chi connectivity index (χ2n) is 9.96. The highest BCUT2D eigenvalue weighted by Gasteiger charge is 2.35. The molecular weight excluding hydrogens is 542 g/mol. The molecule has 0 aromatic heterocycles. The summed E-state index contributed by atoms with van der Waals surface area (Å²) in [4.78, 5) is 28.9. The molecule has 0 aliphatic heterocycles. The summed E-state index contributed by atoms with van der Waals surface area (Å²) in [6.07, 6.45) is 0.333. The molecule has 9 nitrogen and oxygen atoms in total. The molecule has 2 amide bonds. The van der Waals surface area contributed by atoms with Crippen molar-refractivity contribution in [2.24, 2.45) is 0 Å². The van der Waals surface area contributed by atoms with Crippen LogP contribution in [0.25, 0.3) is 0 Å². The zero-order valence-electron chi connectivity index (χ0n) is 24.5. The molecule has 0 fully saturated rings. The largest absolute Gasteiger partial charge is 0.497 e. The van der Waals surface area contributed by atoms with Crippen LogP contribution in [0, 0.1) is 6.92 Å². The quantitative estimate of drug-likeness (QED) is 0.318. The fraction of sp³-hybridized carbons (Fsp3) is 0.355. The van der Waals surface area contributed by atoms with Crippen molar-refractivity contribution in [3.63, 3.8) is 0 Å². The van der Waals surface area contributed by atoms with Gasteiger partial charge in [0.25, 0.3) is 10.0 Å². The van der Waals surface area contributed by atoms with Crippen molar-refractivity contribution < 1.29 is 27.5 Å². The molecule has 3 aromatic rings. The van der Waals surface area contributed by atoms with Crippen molar-refractivity contribution in [3.8, 4) is 11.5 Å². The minimum atomic E-state index is -4.20. The molecule has 3 rings (SSSR count). The molecule has 0 heterocycles. The Hall–Kier alpha value is -4.05. The van der Waals surface area contributed by atoms with Crippen molar-refractivity contribution in [1.29, 1.82) is 0 Å². The van der Waals surface area contributed by atoms with Crippen LogP contribution in [0.1, 0.15) is 38.3 Å². The smallest absolute Gasteiger partial charge is 0.264 e. The number of methoxy groups -OCH3 is 2. The highest BCUT2D eigenvalue weighted by atomic mass is 32.2. The number of benzene rings is 3. The lowest BCUT2D eigenvalue weighted by molar-refractivity contribution is -0.140. The van der Waals surface area contributed by atoms with Crippen LogP contribution < -0.4 is 19.1 Å². The van der Waals surface area contributed by atoms with Crippen LogP contribution in [0.15, 0.2) is 77.7 Å². The maximum atomic E-state index is 14.2. The first kappa shape index (κ1) is 31.5. The first-order chi connectivity index (χ1) is 19.5. The van der Waals surface area contributed by atoms with E-state index in [0.29, 0.717) is 17.9 Å². The number of ether oxygens (including phenoxy) is 2. The van der Waals surface area contributed by atoms with Gasteiger partial charge in [-0.15, -0.1) is 0 Å². The van der Waals surface area contributed by atoms with Gasteiger partial charge in [0.15, 0.2) is 0 Å². The van der Waals surface area contributed by atoms with Gasteiger partial charge in [-0.25, -0.2) is 8.42 Å². The molecule has 0 saturated carbocycles. The van der Waals surface area contributed by atoms with E-state index in [4.69, 9.17) is 9.47 Å². The molecule has 3 aromatic carbocycles. The Kier molecular flexibility index (Phi) is 10.8. The SMILES string of the molecule is CC[C@@H](C(=O)NC(C)C)N(Cc1ccc(OC)cc1)C(=O)CN(c1cc(C)ccc1OC)S(=O)(=O)c1ccccc1. The van der Waals surface area contributed by atoms with Gasteiger partial charge in [-0.3, -0.25) is 13.9 Å². The van der Waals surface area contributed by atoms with Gasteiger partial charge >= 0.3 is 0 Å². The Morgan fingerprint density at radius 1 is 0.927 bits per heavy atom. The van der Waals surface area contributed by atoms with Gasteiger partial charge in [0.1, 0.15) is 24.1 Å². The summed E-state index contributed by atoms with van der Waals surface area (Å²) < 4.78 is 39.9. The normalized spacial score (nSPS) is 12.0. The summed E-state index contributed by atoms with van der Waals surface area (Å²) in [6.45, 7) is 6.89. The number of nitrogens with zero attached hydrogens (tertiary/aromatic N) is 2. The van der Waals surface area contributed by atoms with Crippen LogP contribution in [0.2, 0.25) is 0 Å². The van der Waals surface area contributed by atoms with E-state index < -0.39 is 28.5 Å². The van der Waals surface area contributed by atoms with E-state index in [9.17, 15) is 18.0 Å². The van der Waals surface area contributed by atoms with Crippen LogP contribution in [-0.2, 0) is 26.2 Å². The average Bonchev–Trinajstić information content (AvgIpc) is 2.96. The number of anilines is 1. The molecule has 0 aliphatic rings. The molecule has 10 heteroatoms. The maximum Gasteiger partial charge on any atom is 0.264 e. The lowest BCUT2D eigenvalue weighted by Crippen LogP contribution is -2.53. The van der Waals surface area contributed by atoms with E-state index in [1.54, 1.807) is 55.6 Å². The van der Waals surface area contributed by atoms with Crippen LogP contribution in [0.5, 0.6) is 11.5 Å². The molecule has 220 valence electrons. The summed E-state index contributed by atoms with van der Waals surface area (Å²) in [5, 5.41) is 2.90. The molecule has 0 unspecified atom stereocenters. The van der Waals surface area contributed by atoms with Gasteiger partial charge < -0.3 is 19.7 Å². The molecule has 0 radical (unpaired) electrons. The van der Waals surface area contributed by atoms with Crippen molar-refractivity contribution in [2.45, 2.75) is 57.6 Å². The first-order valence-corrected chi connectivity index (χ1v) is 14.9. The second-order valence-corrected chi connectivity index (χ2v) is 11.8. The minimum absolute atomic E-state index is 0.0302. The molecule has 41 heavy (non-hydrogen) atoms. The number of hydrogen-bond donors (Lipinski definition) is 1. The number of carbonyl (C=O) groups is 2. The zero-order chi connectivity index (χ0) is 30.2. The number of amides is 2. The number of hydrogen-bond acceptors (Lipinski definition) is 6. The van der Waals surface area contributed by atoms with E-state index in [0.717, 1.165) is 15.4 Å². The number of carbonyl (C=O) groups excluding carboxylic acids is 2. The average molecular weight is 582 g/mol. The Morgan fingerprint density at radius 2 is 1.59 bits per heavy atom. The van der Waals surface area contributed by atoms with E-state index in [-0.39, 0.29) is 29.1 Å². The van der Waals surface area contributed by atoms with Gasteiger partial charge in [0.2, 0.25) is 11.8 Å². The molecule has 1 atom stereocenters. The number of sulfonamides is 1. The summed E-state index contributed by atoms with van der Waals surface area (Å²) in [6, 6.07) is 19.3. The van der Waals surface area contributed by atoms with Crippen molar-refractivity contribution >= 4 is 27.5 Å². The summed E-state index contributed by atoms with van der Waals surface area (Å²) >= 11 is 0. The lowest BCUT2D eigenvalue weighted by atomic mass is 10.1. The minimum Gasteiger partial charge on any atom is -0.497 e. The standard InChI is InChI=1S/C31H39N3O6S/c1-7-27(31(36)32-22(2)3)33(20-24-14-16-25(39-5)17-15-24)30(35)21-34(28-19-23(4)13-18-29(28)40-6)41(37,38)26-11-9-8-10-12-26/h8-19,22,27H,7,20-21H2,1-6H3,(H,32,36)/t27-/m0/s1. The van der Waals surface area contributed by atoms with E-state index in [2.05, 4.69) is 5.32 Å². The number of rotatable bonds is 13. The van der Waals surface area contributed by atoms with Gasteiger partial charge in [-0.2, -0.15) is 0 Å². The second kappa shape index (κ2) is 14.0. The molecule has 0 bridgehead atoms. The van der Waals surface area contributed by atoms with E-state index in [1.807, 2.05) is 39.8 Å². The summed E-state index contributed by atoms with van der Waals surface area (Å²) in [5.74, 6) is 0.113. The maximum absolute atomic E-state index is 14.2. The molecule has 0 spiro atoms. The molecule has 0 saturated heterocycles. The Bertz CT molecular complexity index is 1430. The highest BCUT2D eigenvalue weighted by Crippen LogP contribution is 2.33. The van der Waals surface area contributed by atoms with Gasteiger partial charge in [-0.05, 0) is 74.7 Å². The Labute approximate surface area is 243 Å². The third-order valence-corrected chi connectivity index (χ3v) is 8.32. The number of aryl methyl sites for hydroxylation is 1. The fourth-order valence-corrected chi connectivity index (χ4v) is 5.89. The zero-order valence-corrected chi connectivity index (χ0v) is 25.3. The fourth-order valence-electron chi connectivity index (χ4n) is 4.46. The molecule has 1 N–H and O–H groups in total. The van der Waals surface area contributed by atoms with Gasteiger partial charge in [0.05, 0.1) is 24.8 Å². The molecular formula is C31H39N3O6S. The lowest BCUT2D eigenvalue weighted by Gasteiger charge is -2.34. The monoisotopic (exact) mass is 581 g/mol. The Balaban J connectivity index is 2.11.